The van der Waals surface area contributed by atoms with E-state index >= 15 is 0 Å². The Kier molecular flexibility index (Phi) is 1.65. The molecule has 2 aromatic rings. The molecule has 0 aliphatic rings. The Balaban J connectivity index is 2.75. The largest absolute Gasteiger partial charge is 0.271 e. The second-order valence-corrected chi connectivity index (χ2v) is 2.64. The van der Waals surface area contributed by atoms with Crippen molar-refractivity contribution in [3.8, 4) is 6.19 Å². The normalized spacial score (nSPS) is 9.93. The number of nitrogens with zero attached hydrogens (tertiary/aromatic N) is 4. The Bertz CT molecular complexity index is 552. The van der Waals surface area contributed by atoms with Crippen molar-refractivity contribution in [2.24, 2.45) is 0 Å². The maximum atomic E-state index is 10.5. The second kappa shape index (κ2) is 2.81. The molecule has 0 amide bonds. The number of nitro benzene ring substituents is 1. The highest BCUT2D eigenvalue weighted by molar-refractivity contribution is 5.78. The first-order valence-corrected chi connectivity index (χ1v) is 3.74. The lowest BCUT2D eigenvalue weighted by molar-refractivity contribution is -0.384. The highest BCUT2D eigenvalue weighted by atomic mass is 16.6. The number of benzene rings is 1. The molecule has 0 atom stereocenters. The van der Waals surface area contributed by atoms with E-state index in [-0.39, 0.29) is 5.69 Å². The average Bonchev–Trinajstić information content (AvgIpc) is 2.59. The van der Waals surface area contributed by atoms with E-state index in [2.05, 4.69) is 4.98 Å². The molecular formula is C8H4N4O2. The topological polar surface area (TPSA) is 84.8 Å². The van der Waals surface area contributed by atoms with Crippen LogP contribution in [0, 0.1) is 21.6 Å². The van der Waals surface area contributed by atoms with Gasteiger partial charge in [0.1, 0.15) is 6.33 Å². The maximum absolute atomic E-state index is 10.5. The maximum Gasteiger partial charge on any atom is 0.271 e. The molecule has 0 unspecified atom stereocenters. The number of rotatable bonds is 1. The predicted molar refractivity (Wildman–Crippen MR) is 47.4 cm³/mol. The van der Waals surface area contributed by atoms with E-state index in [1.54, 1.807) is 0 Å². The first kappa shape index (κ1) is 8.19. The van der Waals surface area contributed by atoms with Crippen LogP contribution in [-0.4, -0.2) is 14.5 Å². The Labute approximate surface area is 78.2 Å². The van der Waals surface area contributed by atoms with Gasteiger partial charge < -0.3 is 0 Å². The van der Waals surface area contributed by atoms with Crippen molar-refractivity contribution in [2.45, 2.75) is 0 Å². The van der Waals surface area contributed by atoms with Crippen molar-refractivity contribution in [3.05, 3.63) is 34.6 Å². The van der Waals surface area contributed by atoms with Crippen LogP contribution in [0.1, 0.15) is 0 Å². The van der Waals surface area contributed by atoms with Crippen molar-refractivity contribution in [2.75, 3.05) is 0 Å². The minimum absolute atomic E-state index is 0.0468. The van der Waals surface area contributed by atoms with Gasteiger partial charge >= 0.3 is 0 Å². The highest BCUT2D eigenvalue weighted by Crippen LogP contribution is 2.19. The van der Waals surface area contributed by atoms with E-state index in [1.165, 1.54) is 29.1 Å². The van der Waals surface area contributed by atoms with Gasteiger partial charge in [-0.1, -0.05) is 0 Å². The van der Waals surface area contributed by atoms with Gasteiger partial charge in [-0.15, -0.1) is 0 Å². The summed E-state index contributed by atoms with van der Waals surface area (Å²) >= 11 is 0. The molecule has 0 aliphatic carbocycles. The van der Waals surface area contributed by atoms with Crippen molar-refractivity contribution in [3.63, 3.8) is 0 Å². The van der Waals surface area contributed by atoms with Crippen LogP contribution in [0.4, 0.5) is 5.69 Å². The first-order valence-electron chi connectivity index (χ1n) is 3.74. The number of nitro groups is 1. The average molecular weight is 188 g/mol. The summed E-state index contributed by atoms with van der Waals surface area (Å²) in [5, 5.41) is 19.1. The van der Waals surface area contributed by atoms with Crippen LogP contribution in [0.5, 0.6) is 0 Å². The minimum atomic E-state index is -0.506. The summed E-state index contributed by atoms with van der Waals surface area (Å²) in [5.41, 5.74) is 0.966. The Hall–Kier alpha value is -2.42. The van der Waals surface area contributed by atoms with Crippen molar-refractivity contribution < 1.29 is 4.92 Å². The van der Waals surface area contributed by atoms with Crippen molar-refractivity contribution in [1.29, 1.82) is 5.26 Å². The molecule has 0 spiro atoms. The van der Waals surface area contributed by atoms with Crippen LogP contribution in [0.2, 0.25) is 0 Å². The van der Waals surface area contributed by atoms with Gasteiger partial charge in [0, 0.05) is 12.1 Å². The fourth-order valence-electron chi connectivity index (χ4n) is 1.19. The molecule has 2 rings (SSSR count). The summed E-state index contributed by atoms with van der Waals surface area (Å²) in [6.07, 6.45) is 3.18. The van der Waals surface area contributed by atoms with Crippen LogP contribution >= 0.6 is 0 Å². The Morgan fingerprint density at radius 3 is 3.00 bits per heavy atom. The molecular weight excluding hydrogens is 184 g/mol. The summed E-state index contributed by atoms with van der Waals surface area (Å²) in [4.78, 5) is 13.9. The van der Waals surface area contributed by atoms with E-state index in [1.807, 2.05) is 6.19 Å². The third-order valence-corrected chi connectivity index (χ3v) is 1.85. The molecule has 1 aromatic carbocycles. The number of nitriles is 1. The third kappa shape index (κ3) is 1.08. The van der Waals surface area contributed by atoms with Crippen molar-refractivity contribution in [1.82, 2.24) is 9.55 Å². The molecule has 68 valence electrons. The van der Waals surface area contributed by atoms with E-state index in [0.717, 1.165) is 0 Å². The molecule has 1 heterocycles. The van der Waals surface area contributed by atoms with Crippen molar-refractivity contribution >= 4 is 16.7 Å². The molecule has 0 saturated carbocycles. The zero-order valence-corrected chi connectivity index (χ0v) is 6.91. The van der Waals surface area contributed by atoms with E-state index in [4.69, 9.17) is 5.26 Å². The van der Waals surface area contributed by atoms with E-state index < -0.39 is 4.92 Å². The zero-order chi connectivity index (χ0) is 10.1. The lowest BCUT2D eigenvalue weighted by Crippen LogP contribution is -1.89. The number of imidazole rings is 1. The summed E-state index contributed by atoms with van der Waals surface area (Å²) in [7, 11) is 0. The van der Waals surface area contributed by atoms with Crippen LogP contribution < -0.4 is 0 Å². The fraction of sp³-hybridized carbons (Fsp3) is 0. The zero-order valence-electron chi connectivity index (χ0n) is 6.91. The second-order valence-electron chi connectivity index (χ2n) is 2.64. The van der Waals surface area contributed by atoms with E-state index in [0.29, 0.717) is 11.0 Å². The van der Waals surface area contributed by atoms with Crippen LogP contribution in [-0.2, 0) is 0 Å². The quantitative estimate of drug-likeness (QED) is 0.498. The summed E-state index contributed by atoms with van der Waals surface area (Å²) in [6, 6.07) is 4.20. The van der Waals surface area contributed by atoms with E-state index in [9.17, 15) is 10.1 Å². The number of fused-ring (bicyclic) bond motifs is 1. The fourth-order valence-corrected chi connectivity index (χ4v) is 1.19. The summed E-state index contributed by atoms with van der Waals surface area (Å²) in [5.74, 6) is 0. The molecule has 1 aromatic heterocycles. The summed E-state index contributed by atoms with van der Waals surface area (Å²) < 4.78 is 1.18. The molecule has 0 bridgehead atoms. The molecule has 0 saturated heterocycles. The van der Waals surface area contributed by atoms with Crippen LogP contribution in [0.25, 0.3) is 11.0 Å². The first-order chi connectivity index (χ1) is 6.72. The van der Waals surface area contributed by atoms with Gasteiger partial charge in [-0.2, -0.15) is 5.26 Å². The molecule has 0 N–H and O–H groups in total. The Morgan fingerprint density at radius 1 is 1.57 bits per heavy atom. The predicted octanol–water partition coefficient (Wildman–Crippen LogP) is 1.27. The molecule has 6 nitrogen and oxygen atoms in total. The standard InChI is InChI=1S/C8H4N4O2/c9-4-11-5-10-7-2-1-6(12(13)14)3-8(7)11/h1-3,5H. The Morgan fingerprint density at radius 2 is 2.36 bits per heavy atom. The molecule has 14 heavy (non-hydrogen) atoms. The number of hydrogen-bond acceptors (Lipinski definition) is 4. The van der Waals surface area contributed by atoms with Gasteiger partial charge in [0.05, 0.1) is 16.0 Å². The van der Waals surface area contributed by atoms with Gasteiger partial charge in [0.2, 0.25) is 0 Å². The van der Waals surface area contributed by atoms with Gasteiger partial charge in [0.15, 0.2) is 6.19 Å². The number of hydrogen-bond donors (Lipinski definition) is 0. The third-order valence-electron chi connectivity index (χ3n) is 1.85. The van der Waals surface area contributed by atoms with Gasteiger partial charge in [-0.05, 0) is 6.07 Å². The SMILES string of the molecule is N#Cn1cnc2ccc([N+](=O)[O-])cc21. The molecule has 0 fully saturated rings. The lowest BCUT2D eigenvalue weighted by atomic mass is 10.3. The minimum Gasteiger partial charge on any atom is -0.258 e. The molecule has 0 aliphatic heterocycles. The monoisotopic (exact) mass is 188 g/mol. The highest BCUT2D eigenvalue weighted by Gasteiger charge is 2.09. The summed E-state index contributed by atoms with van der Waals surface area (Å²) in [6.45, 7) is 0. The smallest absolute Gasteiger partial charge is 0.258 e. The molecule has 6 heteroatoms. The van der Waals surface area contributed by atoms with Gasteiger partial charge in [0.25, 0.3) is 5.69 Å². The van der Waals surface area contributed by atoms with Crippen LogP contribution in [0.15, 0.2) is 24.5 Å². The van der Waals surface area contributed by atoms with Gasteiger partial charge in [-0.3, -0.25) is 10.1 Å². The van der Waals surface area contributed by atoms with Gasteiger partial charge in [-0.25, -0.2) is 9.55 Å². The number of aromatic nitrogens is 2. The molecule has 0 radical (unpaired) electrons. The lowest BCUT2D eigenvalue weighted by Gasteiger charge is -1.92. The van der Waals surface area contributed by atoms with Crippen LogP contribution in [0.3, 0.4) is 0 Å². The number of non-ortho nitro benzene ring substituents is 1.